The Morgan fingerprint density at radius 2 is 1.96 bits per heavy atom. The van der Waals surface area contributed by atoms with Gasteiger partial charge < -0.3 is 29.6 Å². The van der Waals surface area contributed by atoms with E-state index in [4.69, 9.17) is 9.15 Å². The first-order valence-electron chi connectivity index (χ1n) is 16.4. The molecule has 2 fully saturated rings. The first-order chi connectivity index (χ1) is 22.9. The van der Waals surface area contributed by atoms with E-state index >= 15 is 0 Å². The summed E-state index contributed by atoms with van der Waals surface area (Å²) in [7, 11) is 0. The zero-order chi connectivity index (χ0) is 34.0. The van der Waals surface area contributed by atoms with E-state index in [1.54, 1.807) is 50.4 Å². The number of hydrogen-bond acceptors (Lipinski definition) is 10. The van der Waals surface area contributed by atoms with Crippen LogP contribution in [0.4, 0.5) is 10.5 Å². The van der Waals surface area contributed by atoms with Gasteiger partial charge in [-0.05, 0) is 77.1 Å². The molecule has 5 atom stereocenters. The van der Waals surface area contributed by atoms with E-state index in [-0.39, 0.29) is 24.9 Å². The Labute approximate surface area is 284 Å². The lowest BCUT2D eigenvalue weighted by Gasteiger charge is -2.35. The number of aliphatic hydroxyl groups is 2. The van der Waals surface area contributed by atoms with Crippen molar-refractivity contribution < 1.29 is 29.0 Å². The Morgan fingerprint density at radius 1 is 1.17 bits per heavy atom. The average molecular weight is 674 g/mol. The molecule has 4 aromatic rings. The number of carbonyl (C=O) groups is 2. The van der Waals surface area contributed by atoms with Crippen LogP contribution < -0.4 is 5.32 Å². The molecule has 2 unspecified atom stereocenters. The topological polar surface area (TPSA) is 141 Å². The Balaban J connectivity index is 1.34. The third-order valence-corrected chi connectivity index (χ3v) is 9.76. The van der Waals surface area contributed by atoms with Gasteiger partial charge in [0.15, 0.2) is 0 Å². The number of benzene rings is 2. The van der Waals surface area contributed by atoms with Crippen LogP contribution in [0.1, 0.15) is 72.7 Å². The maximum atomic E-state index is 14.2. The zero-order valence-corrected chi connectivity index (χ0v) is 28.5. The normalized spacial score (nSPS) is 20.9. The monoisotopic (exact) mass is 673 g/mol. The van der Waals surface area contributed by atoms with Crippen LogP contribution in [0.2, 0.25) is 0 Å². The third kappa shape index (κ3) is 7.72. The fraction of sp³-hybridized carbons (Fsp3) is 0.444. The second-order valence-electron chi connectivity index (χ2n) is 13.6. The van der Waals surface area contributed by atoms with Crippen molar-refractivity contribution in [2.45, 2.75) is 89.3 Å². The van der Waals surface area contributed by atoms with E-state index in [0.29, 0.717) is 35.7 Å². The maximum absolute atomic E-state index is 14.2. The Kier molecular flexibility index (Phi) is 9.86. The van der Waals surface area contributed by atoms with Gasteiger partial charge >= 0.3 is 6.09 Å². The molecule has 0 bridgehead atoms. The molecule has 2 saturated heterocycles. The number of aryl methyl sites for hydroxylation is 1. The Hall–Kier alpha value is -4.26. The molecule has 2 aliphatic heterocycles. The number of carbonyl (C=O) groups excluding carboxylic acids is 2. The number of aliphatic hydroxyl groups excluding tert-OH is 2. The van der Waals surface area contributed by atoms with E-state index in [2.05, 4.69) is 15.3 Å². The quantitative estimate of drug-likeness (QED) is 0.200. The molecule has 6 rings (SSSR count). The van der Waals surface area contributed by atoms with Crippen LogP contribution >= 0.6 is 11.3 Å². The number of aromatic nitrogens is 2. The molecule has 2 aliphatic rings. The maximum Gasteiger partial charge on any atom is 0.410 e. The number of amides is 2. The minimum atomic E-state index is -1.10. The van der Waals surface area contributed by atoms with Crippen molar-refractivity contribution in [1.29, 1.82) is 0 Å². The Bertz CT molecular complexity index is 1710. The van der Waals surface area contributed by atoms with Gasteiger partial charge in [0.1, 0.15) is 16.9 Å². The van der Waals surface area contributed by atoms with E-state index in [0.717, 1.165) is 29.1 Å². The molecule has 0 radical (unpaired) electrons. The second-order valence-corrected chi connectivity index (χ2v) is 14.5. The van der Waals surface area contributed by atoms with Crippen LogP contribution in [0.5, 0.6) is 0 Å². The SMILES string of the molecule is Cc1csc([C@H]2CCCN2C(=O)c2cc(N[C@@H](Cc3ccccc3)[C@H](O)C3CC(O)CN3C(=O)OC(C)(C)C)cc(-c3ncco3)c2)n1. The van der Waals surface area contributed by atoms with Gasteiger partial charge in [-0.25, -0.2) is 14.8 Å². The number of thiazole rings is 1. The standard InChI is InChI=1S/C36H43N5O6S/c1-22-21-48-33(38-22)29-11-8-13-40(29)34(44)25-16-24(32-37-12-14-46-32)17-26(18-25)39-28(15-23-9-6-5-7-10-23)31(43)30-19-27(42)20-41(30)35(45)47-36(2,3)4/h5-7,9-10,12,14,16-18,21,27-31,39,42-43H,8,11,13,15,19-20H2,1-4H3/t27?,28-,29+,30?,31-/m0/s1. The van der Waals surface area contributed by atoms with Crippen molar-refractivity contribution in [3.05, 3.63) is 88.2 Å². The first-order valence-corrected chi connectivity index (χ1v) is 17.3. The molecule has 0 saturated carbocycles. The van der Waals surface area contributed by atoms with E-state index < -0.39 is 36.0 Å². The first kappa shape index (κ1) is 33.6. The van der Waals surface area contributed by atoms with Crippen molar-refractivity contribution in [2.24, 2.45) is 0 Å². The van der Waals surface area contributed by atoms with Crippen molar-refractivity contribution in [3.8, 4) is 11.5 Å². The molecule has 0 spiro atoms. The number of β-amino-alcohol motifs (C(OH)–C–C–N with tert-alkyl or cyclic N) is 1. The Morgan fingerprint density at radius 3 is 2.65 bits per heavy atom. The van der Waals surface area contributed by atoms with Gasteiger partial charge in [0.25, 0.3) is 5.91 Å². The van der Waals surface area contributed by atoms with Gasteiger partial charge in [0, 0.05) is 34.4 Å². The predicted octanol–water partition coefficient (Wildman–Crippen LogP) is 5.84. The highest BCUT2D eigenvalue weighted by atomic mass is 32.1. The number of rotatable bonds is 9. The molecule has 2 amide bonds. The molecule has 2 aromatic carbocycles. The third-order valence-electron chi connectivity index (χ3n) is 8.70. The number of nitrogens with zero attached hydrogens (tertiary/aromatic N) is 4. The summed E-state index contributed by atoms with van der Waals surface area (Å²) in [5, 5.41) is 29.1. The molecule has 48 heavy (non-hydrogen) atoms. The molecule has 12 heteroatoms. The highest BCUT2D eigenvalue weighted by Gasteiger charge is 2.43. The van der Waals surface area contributed by atoms with Crippen LogP contribution in [-0.4, -0.2) is 85.0 Å². The number of nitrogens with one attached hydrogen (secondary N) is 1. The van der Waals surface area contributed by atoms with Gasteiger partial charge in [-0.2, -0.15) is 0 Å². The molecule has 0 aliphatic carbocycles. The smallest absolute Gasteiger partial charge is 0.410 e. The summed E-state index contributed by atoms with van der Waals surface area (Å²) in [4.78, 5) is 39.7. The minimum absolute atomic E-state index is 0.0582. The summed E-state index contributed by atoms with van der Waals surface area (Å²) >= 11 is 1.57. The number of anilines is 1. The molecular formula is C36H43N5O6S. The van der Waals surface area contributed by atoms with Crippen molar-refractivity contribution >= 4 is 29.0 Å². The van der Waals surface area contributed by atoms with Crippen LogP contribution in [0.15, 0.2) is 70.8 Å². The molecule has 254 valence electrons. The summed E-state index contributed by atoms with van der Waals surface area (Å²) in [5.41, 5.74) is 2.81. The second kappa shape index (κ2) is 14.1. The van der Waals surface area contributed by atoms with E-state index in [1.165, 1.54) is 11.2 Å². The summed E-state index contributed by atoms with van der Waals surface area (Å²) in [5.74, 6) is 0.230. The van der Waals surface area contributed by atoms with Crippen LogP contribution in [0, 0.1) is 6.92 Å². The van der Waals surface area contributed by atoms with Crippen LogP contribution in [-0.2, 0) is 11.2 Å². The van der Waals surface area contributed by atoms with Gasteiger partial charge in [-0.15, -0.1) is 11.3 Å². The molecule has 3 N–H and O–H groups in total. The van der Waals surface area contributed by atoms with Crippen LogP contribution in [0.3, 0.4) is 0 Å². The highest BCUT2D eigenvalue weighted by Crippen LogP contribution is 2.36. The van der Waals surface area contributed by atoms with E-state index in [9.17, 15) is 19.8 Å². The zero-order valence-electron chi connectivity index (χ0n) is 27.7. The van der Waals surface area contributed by atoms with E-state index in [1.807, 2.05) is 53.6 Å². The lowest BCUT2D eigenvalue weighted by molar-refractivity contribution is 0.00172. The summed E-state index contributed by atoms with van der Waals surface area (Å²) in [6.45, 7) is 7.98. The molecule has 11 nitrogen and oxygen atoms in total. The van der Waals surface area contributed by atoms with Crippen LogP contribution in [0.25, 0.3) is 11.5 Å². The van der Waals surface area contributed by atoms with Gasteiger partial charge in [-0.1, -0.05) is 30.3 Å². The fourth-order valence-electron chi connectivity index (χ4n) is 6.59. The molecule has 4 heterocycles. The predicted molar refractivity (Wildman–Crippen MR) is 183 cm³/mol. The lowest BCUT2D eigenvalue weighted by atomic mass is 9.94. The number of likely N-dealkylation sites (tertiary alicyclic amines) is 2. The molecule has 2 aromatic heterocycles. The fourth-order valence-corrected chi connectivity index (χ4v) is 7.53. The highest BCUT2D eigenvalue weighted by molar-refractivity contribution is 7.09. The largest absolute Gasteiger partial charge is 0.445 e. The van der Waals surface area contributed by atoms with Crippen molar-refractivity contribution in [1.82, 2.24) is 19.8 Å². The summed E-state index contributed by atoms with van der Waals surface area (Å²) < 4.78 is 11.3. The summed E-state index contributed by atoms with van der Waals surface area (Å²) in [6.07, 6.45) is 2.87. The number of hydrogen-bond donors (Lipinski definition) is 3. The average Bonchev–Trinajstić information content (AvgIpc) is 3.87. The minimum Gasteiger partial charge on any atom is -0.445 e. The van der Waals surface area contributed by atoms with Gasteiger partial charge in [-0.3, -0.25) is 9.69 Å². The van der Waals surface area contributed by atoms with Crippen molar-refractivity contribution in [3.63, 3.8) is 0 Å². The molecular weight excluding hydrogens is 630 g/mol. The van der Waals surface area contributed by atoms with Gasteiger partial charge in [0.05, 0.1) is 43.1 Å². The van der Waals surface area contributed by atoms with Crippen molar-refractivity contribution in [2.75, 3.05) is 18.4 Å². The number of oxazole rings is 1. The van der Waals surface area contributed by atoms with Gasteiger partial charge in [0.2, 0.25) is 5.89 Å². The lowest BCUT2D eigenvalue weighted by Crippen LogP contribution is -2.51. The summed E-state index contributed by atoms with van der Waals surface area (Å²) in [6, 6.07) is 13.7. The number of ether oxygens (including phenoxy) is 1.